The molecule has 0 saturated carbocycles. The van der Waals surface area contributed by atoms with Gasteiger partial charge in [0.2, 0.25) is 0 Å². The second-order valence-corrected chi connectivity index (χ2v) is 3.53. The molecule has 0 radical (unpaired) electrons. The number of carbonyl (C=O) groups is 1. The van der Waals surface area contributed by atoms with Crippen LogP contribution in [0.2, 0.25) is 0 Å². The van der Waals surface area contributed by atoms with Crippen LogP contribution in [-0.4, -0.2) is 16.5 Å². The third-order valence-electron chi connectivity index (χ3n) is 2.45. The summed E-state index contributed by atoms with van der Waals surface area (Å²) in [6.45, 7) is 0. The maximum absolute atomic E-state index is 13.2. The molecule has 0 amide bonds. The Labute approximate surface area is 96.8 Å². The highest BCUT2D eigenvalue weighted by atomic mass is 19.1. The molecule has 0 atom stereocenters. The number of para-hydroxylation sites is 1. The highest BCUT2D eigenvalue weighted by Gasteiger charge is 2.10. The van der Waals surface area contributed by atoms with Crippen LogP contribution < -0.4 is 0 Å². The van der Waals surface area contributed by atoms with Crippen LogP contribution in [0.15, 0.2) is 36.4 Å². The van der Waals surface area contributed by atoms with Crippen molar-refractivity contribution < 1.29 is 19.4 Å². The van der Waals surface area contributed by atoms with Gasteiger partial charge in [-0.05, 0) is 23.8 Å². The summed E-state index contributed by atoms with van der Waals surface area (Å²) in [5.41, 5.74) is 0.867. The number of hydrogen-bond donors (Lipinski definition) is 2. The van der Waals surface area contributed by atoms with Crippen molar-refractivity contribution in [1.82, 2.24) is 0 Å². The Morgan fingerprint density at radius 3 is 2.53 bits per heavy atom. The summed E-state index contributed by atoms with van der Waals surface area (Å²) in [5.74, 6) is -1.44. The molecule has 0 heterocycles. The van der Waals surface area contributed by atoms with E-state index in [1.165, 1.54) is 18.2 Å². The van der Waals surface area contributed by atoms with Crippen LogP contribution in [0.1, 0.15) is 10.4 Å². The van der Waals surface area contributed by atoms with Gasteiger partial charge in [-0.3, -0.25) is 4.79 Å². The van der Waals surface area contributed by atoms with Crippen molar-refractivity contribution >= 4 is 6.29 Å². The zero-order chi connectivity index (χ0) is 12.4. The third kappa shape index (κ3) is 1.97. The van der Waals surface area contributed by atoms with Gasteiger partial charge >= 0.3 is 0 Å². The average molecular weight is 232 g/mol. The number of rotatable bonds is 2. The third-order valence-corrected chi connectivity index (χ3v) is 2.45. The lowest BCUT2D eigenvalue weighted by Gasteiger charge is -2.07. The molecule has 0 aliphatic carbocycles. The first-order valence-corrected chi connectivity index (χ1v) is 4.89. The Bertz CT molecular complexity index is 579. The molecule has 0 fully saturated rings. The minimum absolute atomic E-state index is 0.135. The molecule has 2 N–H and O–H groups in total. The number of halogens is 1. The summed E-state index contributed by atoms with van der Waals surface area (Å²) in [5, 5.41) is 18.9. The van der Waals surface area contributed by atoms with Gasteiger partial charge in [0.05, 0.1) is 5.56 Å². The molecular weight excluding hydrogens is 223 g/mol. The predicted molar refractivity (Wildman–Crippen MR) is 60.6 cm³/mol. The van der Waals surface area contributed by atoms with Gasteiger partial charge in [0.15, 0.2) is 17.9 Å². The number of aromatic hydroxyl groups is 2. The molecule has 4 heteroatoms. The zero-order valence-electron chi connectivity index (χ0n) is 8.72. The molecule has 0 aliphatic heterocycles. The molecule has 0 bridgehead atoms. The van der Waals surface area contributed by atoms with E-state index in [0.717, 1.165) is 6.07 Å². The highest BCUT2D eigenvalue weighted by Crippen LogP contribution is 2.33. The average Bonchev–Trinajstić information content (AvgIpc) is 2.33. The van der Waals surface area contributed by atoms with Gasteiger partial charge in [-0.1, -0.05) is 18.2 Å². The van der Waals surface area contributed by atoms with E-state index < -0.39 is 11.6 Å². The van der Waals surface area contributed by atoms with Gasteiger partial charge in [0.25, 0.3) is 0 Å². The van der Waals surface area contributed by atoms with Gasteiger partial charge in [-0.15, -0.1) is 0 Å². The van der Waals surface area contributed by atoms with E-state index in [1.54, 1.807) is 12.1 Å². The molecule has 0 unspecified atom stereocenters. The normalized spacial score (nSPS) is 10.2. The lowest BCUT2D eigenvalue weighted by molar-refractivity contribution is 0.112. The summed E-state index contributed by atoms with van der Waals surface area (Å²) in [7, 11) is 0. The van der Waals surface area contributed by atoms with E-state index in [4.69, 9.17) is 5.11 Å². The molecule has 3 nitrogen and oxygen atoms in total. The first-order valence-electron chi connectivity index (χ1n) is 4.89. The van der Waals surface area contributed by atoms with Gasteiger partial charge in [-0.25, -0.2) is 4.39 Å². The second-order valence-electron chi connectivity index (χ2n) is 3.53. The Morgan fingerprint density at radius 2 is 1.88 bits per heavy atom. The molecule has 0 spiro atoms. The van der Waals surface area contributed by atoms with Crippen LogP contribution in [0, 0.1) is 5.82 Å². The fourth-order valence-electron chi connectivity index (χ4n) is 1.56. The maximum atomic E-state index is 13.2. The summed E-state index contributed by atoms with van der Waals surface area (Å²) in [6, 6.07) is 8.36. The van der Waals surface area contributed by atoms with Crippen molar-refractivity contribution in [3.8, 4) is 22.6 Å². The molecular formula is C13H9FO3. The quantitative estimate of drug-likeness (QED) is 0.782. The Hall–Kier alpha value is -2.36. The van der Waals surface area contributed by atoms with Crippen LogP contribution in [0.4, 0.5) is 4.39 Å². The van der Waals surface area contributed by atoms with Crippen molar-refractivity contribution in [3.63, 3.8) is 0 Å². The van der Waals surface area contributed by atoms with Crippen molar-refractivity contribution in [2.45, 2.75) is 0 Å². The summed E-state index contributed by atoms with van der Waals surface area (Å²) in [6.07, 6.45) is 0.523. The molecule has 17 heavy (non-hydrogen) atoms. The Kier molecular flexibility index (Phi) is 2.78. The van der Waals surface area contributed by atoms with Crippen LogP contribution in [0.25, 0.3) is 11.1 Å². The predicted octanol–water partition coefficient (Wildman–Crippen LogP) is 2.72. The van der Waals surface area contributed by atoms with Crippen LogP contribution in [-0.2, 0) is 0 Å². The van der Waals surface area contributed by atoms with Gasteiger partial charge in [0.1, 0.15) is 5.75 Å². The first kappa shape index (κ1) is 11.1. The summed E-state index contributed by atoms with van der Waals surface area (Å²) >= 11 is 0. The molecule has 2 rings (SSSR count). The number of hydrogen-bond acceptors (Lipinski definition) is 3. The highest BCUT2D eigenvalue weighted by molar-refractivity contribution is 5.85. The number of aldehydes is 1. The fraction of sp³-hybridized carbons (Fsp3) is 0. The Balaban J connectivity index is 2.60. The number of phenols is 2. The smallest absolute Gasteiger partial charge is 0.165 e. The number of benzene rings is 2. The molecule has 0 aliphatic rings. The monoisotopic (exact) mass is 232 g/mol. The van der Waals surface area contributed by atoms with Crippen molar-refractivity contribution in [1.29, 1.82) is 0 Å². The summed E-state index contributed by atoms with van der Waals surface area (Å²) < 4.78 is 13.2. The van der Waals surface area contributed by atoms with E-state index in [1.807, 2.05) is 0 Å². The van der Waals surface area contributed by atoms with E-state index in [0.29, 0.717) is 17.4 Å². The van der Waals surface area contributed by atoms with Gasteiger partial charge in [0, 0.05) is 5.56 Å². The van der Waals surface area contributed by atoms with Gasteiger partial charge in [-0.2, -0.15) is 0 Å². The SMILES string of the molecule is O=Cc1cccc(-c2ccc(O)c(F)c2)c1O. The minimum Gasteiger partial charge on any atom is -0.507 e. The topological polar surface area (TPSA) is 57.5 Å². The first-order chi connectivity index (χ1) is 8.13. The van der Waals surface area contributed by atoms with Crippen LogP contribution in [0.3, 0.4) is 0 Å². The van der Waals surface area contributed by atoms with E-state index in [2.05, 4.69) is 0 Å². The van der Waals surface area contributed by atoms with Crippen LogP contribution in [0.5, 0.6) is 11.5 Å². The van der Waals surface area contributed by atoms with E-state index in [9.17, 15) is 14.3 Å². The molecule has 2 aromatic carbocycles. The van der Waals surface area contributed by atoms with E-state index in [-0.39, 0.29) is 11.3 Å². The van der Waals surface area contributed by atoms with Gasteiger partial charge < -0.3 is 10.2 Å². The van der Waals surface area contributed by atoms with E-state index >= 15 is 0 Å². The maximum Gasteiger partial charge on any atom is 0.165 e. The lowest BCUT2D eigenvalue weighted by atomic mass is 10.0. The second kappa shape index (κ2) is 4.25. The van der Waals surface area contributed by atoms with Crippen molar-refractivity contribution in [2.24, 2.45) is 0 Å². The molecule has 2 aromatic rings. The molecule has 86 valence electrons. The zero-order valence-corrected chi connectivity index (χ0v) is 8.72. The molecule has 0 aromatic heterocycles. The fourth-order valence-corrected chi connectivity index (χ4v) is 1.56. The summed E-state index contributed by atoms with van der Waals surface area (Å²) in [4.78, 5) is 10.7. The van der Waals surface area contributed by atoms with Crippen molar-refractivity contribution in [2.75, 3.05) is 0 Å². The minimum atomic E-state index is -0.779. The lowest BCUT2D eigenvalue weighted by Crippen LogP contribution is -1.86. The van der Waals surface area contributed by atoms with Crippen LogP contribution >= 0.6 is 0 Å². The largest absolute Gasteiger partial charge is 0.507 e. The Morgan fingerprint density at radius 1 is 1.12 bits per heavy atom. The standard InChI is InChI=1S/C13H9FO3/c14-11-6-8(4-5-12(11)16)10-3-1-2-9(7-15)13(10)17/h1-7,16-17H. The number of carbonyl (C=O) groups excluding carboxylic acids is 1. The number of phenolic OH excluding ortho intramolecular Hbond substituents is 2. The molecule has 0 saturated heterocycles. The van der Waals surface area contributed by atoms with Crippen molar-refractivity contribution in [3.05, 3.63) is 47.8 Å².